The summed E-state index contributed by atoms with van der Waals surface area (Å²) in [5.41, 5.74) is 2.47. The summed E-state index contributed by atoms with van der Waals surface area (Å²) < 4.78 is 12.9. The van der Waals surface area contributed by atoms with Gasteiger partial charge in [-0.05, 0) is 30.0 Å². The van der Waals surface area contributed by atoms with E-state index in [1.165, 1.54) is 11.8 Å². The molecule has 0 bridgehead atoms. The van der Waals surface area contributed by atoms with Crippen molar-refractivity contribution >= 4 is 28.3 Å². The van der Waals surface area contributed by atoms with Gasteiger partial charge in [-0.3, -0.25) is 4.40 Å². The van der Waals surface area contributed by atoms with Gasteiger partial charge in [-0.1, -0.05) is 36.4 Å². The molecule has 0 atom stereocenters. The Kier molecular flexibility index (Phi) is 4.68. The molecule has 8 heteroatoms. The maximum atomic E-state index is 5.50. The Labute approximate surface area is 176 Å². The quantitative estimate of drug-likeness (QED) is 0.391. The van der Waals surface area contributed by atoms with Gasteiger partial charge < -0.3 is 9.47 Å². The number of methoxy groups -OCH3 is 2. The fourth-order valence-electron chi connectivity index (χ4n) is 3.20. The zero-order valence-corrected chi connectivity index (χ0v) is 17.1. The van der Waals surface area contributed by atoms with Crippen LogP contribution in [-0.4, -0.2) is 38.8 Å². The number of hydrogen-bond acceptors (Lipinski definition) is 7. The minimum absolute atomic E-state index is 0.617. The molecule has 148 valence electrons. The molecule has 7 nitrogen and oxygen atoms in total. The van der Waals surface area contributed by atoms with Crippen LogP contribution in [0.4, 0.5) is 0 Å². The molecule has 0 spiro atoms. The molecule has 5 rings (SSSR count). The average Bonchev–Trinajstić information content (AvgIpc) is 3.21. The van der Waals surface area contributed by atoms with Crippen LogP contribution in [-0.2, 0) is 0 Å². The van der Waals surface area contributed by atoms with Crippen molar-refractivity contribution in [2.75, 3.05) is 14.2 Å². The minimum atomic E-state index is 0.617. The maximum absolute atomic E-state index is 5.50. The largest absolute Gasteiger partial charge is 0.493 e. The number of rotatable bonds is 5. The monoisotopic (exact) mass is 415 g/mol. The van der Waals surface area contributed by atoms with E-state index < -0.39 is 0 Å². The number of ether oxygens (including phenoxy) is 2. The first-order valence-electron chi connectivity index (χ1n) is 9.23. The van der Waals surface area contributed by atoms with Crippen LogP contribution in [0.25, 0.3) is 27.9 Å². The highest BCUT2D eigenvalue weighted by atomic mass is 32.2. The number of pyridine rings is 1. The fraction of sp³-hybridized carbons (Fsp3) is 0.0909. The Morgan fingerprint density at radius 3 is 2.40 bits per heavy atom. The van der Waals surface area contributed by atoms with E-state index in [9.17, 15) is 0 Å². The van der Waals surface area contributed by atoms with Crippen LogP contribution >= 0.6 is 11.8 Å². The second-order valence-electron chi connectivity index (χ2n) is 6.46. The molecule has 5 aromatic rings. The predicted molar refractivity (Wildman–Crippen MR) is 115 cm³/mol. The summed E-state index contributed by atoms with van der Waals surface area (Å²) in [5.74, 6) is 1.87. The van der Waals surface area contributed by atoms with Gasteiger partial charge in [-0.15, -0.1) is 10.2 Å². The van der Waals surface area contributed by atoms with Crippen LogP contribution in [0.15, 0.2) is 77.0 Å². The van der Waals surface area contributed by atoms with Gasteiger partial charge in [0.2, 0.25) is 5.16 Å². The molecule has 0 saturated heterocycles. The summed E-state index contributed by atoms with van der Waals surface area (Å²) in [7, 11) is 3.22. The van der Waals surface area contributed by atoms with Gasteiger partial charge in [0.1, 0.15) is 5.03 Å². The van der Waals surface area contributed by atoms with Gasteiger partial charge in [0.05, 0.1) is 19.7 Å². The summed E-state index contributed by atoms with van der Waals surface area (Å²) in [6.07, 6.45) is 1.93. The number of benzene rings is 2. The molecule has 0 unspecified atom stereocenters. The lowest BCUT2D eigenvalue weighted by Gasteiger charge is -2.12. The van der Waals surface area contributed by atoms with Gasteiger partial charge in [-0.25, -0.2) is 9.97 Å². The molecule has 0 N–H and O–H groups in total. The minimum Gasteiger partial charge on any atom is -0.493 e. The second kappa shape index (κ2) is 7.64. The van der Waals surface area contributed by atoms with E-state index >= 15 is 0 Å². The molecule has 0 radical (unpaired) electrons. The normalized spacial score (nSPS) is 11.1. The first-order valence-corrected chi connectivity index (χ1v) is 10.1. The fourth-order valence-corrected chi connectivity index (χ4v) is 4.11. The van der Waals surface area contributed by atoms with Crippen molar-refractivity contribution in [3.63, 3.8) is 0 Å². The second-order valence-corrected chi connectivity index (χ2v) is 7.41. The summed E-state index contributed by atoms with van der Waals surface area (Å²) in [6.45, 7) is 0. The molecule has 0 aliphatic heterocycles. The highest BCUT2D eigenvalue weighted by molar-refractivity contribution is 7.99. The van der Waals surface area contributed by atoms with Crippen molar-refractivity contribution in [1.82, 2.24) is 24.6 Å². The van der Waals surface area contributed by atoms with Crippen LogP contribution in [0.1, 0.15) is 0 Å². The summed E-state index contributed by atoms with van der Waals surface area (Å²) in [5, 5.41) is 10.9. The average molecular weight is 415 g/mol. The van der Waals surface area contributed by atoms with E-state index in [1.807, 2.05) is 71.3 Å². The van der Waals surface area contributed by atoms with E-state index in [0.29, 0.717) is 17.3 Å². The van der Waals surface area contributed by atoms with Crippen molar-refractivity contribution in [1.29, 1.82) is 0 Å². The van der Waals surface area contributed by atoms with Crippen LogP contribution < -0.4 is 9.47 Å². The Bertz CT molecular complexity index is 1350. The van der Waals surface area contributed by atoms with Crippen LogP contribution in [0.3, 0.4) is 0 Å². The number of aromatic nitrogens is 5. The van der Waals surface area contributed by atoms with E-state index in [1.54, 1.807) is 14.2 Å². The zero-order chi connectivity index (χ0) is 20.5. The lowest BCUT2D eigenvalue weighted by molar-refractivity contribution is 0.355. The van der Waals surface area contributed by atoms with Crippen molar-refractivity contribution in [3.05, 3.63) is 66.9 Å². The van der Waals surface area contributed by atoms with Gasteiger partial charge in [0, 0.05) is 23.2 Å². The number of hydrogen-bond donors (Lipinski definition) is 0. The molecule has 30 heavy (non-hydrogen) atoms. The molecule has 3 aromatic heterocycles. The van der Waals surface area contributed by atoms with Crippen molar-refractivity contribution < 1.29 is 9.47 Å². The third-order valence-electron chi connectivity index (χ3n) is 4.67. The smallest absolute Gasteiger partial charge is 0.201 e. The third kappa shape index (κ3) is 3.21. The molecule has 2 aromatic carbocycles. The standard InChI is InChI=1S/C22H17N5O2S/c1-28-17-12-15-16(13-18(17)29-2)23-20(14-8-4-3-5-9-14)24-21(15)30-22-26-25-19-10-6-7-11-27(19)22/h3-13H,1-2H3. The predicted octanol–water partition coefficient (Wildman–Crippen LogP) is 4.51. The Morgan fingerprint density at radius 2 is 1.60 bits per heavy atom. The van der Waals surface area contributed by atoms with Crippen LogP contribution in [0, 0.1) is 0 Å². The highest BCUT2D eigenvalue weighted by Gasteiger charge is 2.17. The molecule has 0 saturated carbocycles. The molecular formula is C22H17N5O2S. The lowest BCUT2D eigenvalue weighted by atomic mass is 10.2. The lowest BCUT2D eigenvalue weighted by Crippen LogP contribution is -1.97. The molecule has 0 aliphatic carbocycles. The summed E-state index contributed by atoms with van der Waals surface area (Å²) >= 11 is 1.44. The van der Waals surface area contributed by atoms with Gasteiger partial charge in [0.15, 0.2) is 23.0 Å². The van der Waals surface area contributed by atoms with E-state index in [2.05, 4.69) is 10.2 Å². The first kappa shape index (κ1) is 18.4. The number of nitrogens with zero attached hydrogens (tertiary/aromatic N) is 5. The van der Waals surface area contributed by atoms with Crippen molar-refractivity contribution in [3.8, 4) is 22.9 Å². The van der Waals surface area contributed by atoms with Crippen LogP contribution in [0.2, 0.25) is 0 Å². The van der Waals surface area contributed by atoms with E-state index in [-0.39, 0.29) is 0 Å². The van der Waals surface area contributed by atoms with Crippen molar-refractivity contribution in [2.24, 2.45) is 0 Å². The van der Waals surface area contributed by atoms with Crippen LogP contribution in [0.5, 0.6) is 11.5 Å². The van der Waals surface area contributed by atoms with E-state index in [4.69, 9.17) is 19.4 Å². The molecule has 0 fully saturated rings. The summed E-state index contributed by atoms with van der Waals surface area (Å²) in [4.78, 5) is 9.64. The first-order chi connectivity index (χ1) is 14.8. The molecule has 3 heterocycles. The van der Waals surface area contributed by atoms with Gasteiger partial charge >= 0.3 is 0 Å². The molecule has 0 aliphatic rings. The Hall–Kier alpha value is -3.65. The summed E-state index contributed by atoms with van der Waals surface area (Å²) in [6, 6.07) is 19.4. The maximum Gasteiger partial charge on any atom is 0.201 e. The van der Waals surface area contributed by atoms with E-state index in [0.717, 1.165) is 32.3 Å². The van der Waals surface area contributed by atoms with Gasteiger partial charge in [0.25, 0.3) is 0 Å². The molecular weight excluding hydrogens is 398 g/mol. The number of fused-ring (bicyclic) bond motifs is 2. The Morgan fingerprint density at radius 1 is 0.833 bits per heavy atom. The Balaban J connectivity index is 1.73. The third-order valence-corrected chi connectivity index (χ3v) is 5.63. The van der Waals surface area contributed by atoms with Gasteiger partial charge in [-0.2, -0.15) is 0 Å². The zero-order valence-electron chi connectivity index (χ0n) is 16.3. The van der Waals surface area contributed by atoms with Crippen molar-refractivity contribution in [2.45, 2.75) is 10.2 Å². The topological polar surface area (TPSA) is 74.4 Å². The highest BCUT2D eigenvalue weighted by Crippen LogP contribution is 2.38. The molecule has 0 amide bonds. The SMILES string of the molecule is COc1cc2nc(-c3ccccc3)nc(Sc3nnc4ccccn34)c2cc1OC.